The van der Waals surface area contributed by atoms with Crippen molar-refractivity contribution < 1.29 is 23.9 Å². The number of ether oxygens (including phenoxy) is 1. The number of hydrogen-bond donors (Lipinski definition) is 2. The van der Waals surface area contributed by atoms with E-state index in [1.807, 2.05) is 0 Å². The third kappa shape index (κ3) is 4.98. The van der Waals surface area contributed by atoms with Crippen LogP contribution in [0.4, 0.5) is 5.69 Å². The summed E-state index contributed by atoms with van der Waals surface area (Å²) < 4.78 is 5.64. The molecule has 0 radical (unpaired) electrons. The lowest BCUT2D eigenvalue weighted by molar-refractivity contribution is -0.119. The van der Waals surface area contributed by atoms with Gasteiger partial charge in [-0.3, -0.25) is 24.1 Å². The highest BCUT2D eigenvalue weighted by atomic mass is 16.5. The van der Waals surface area contributed by atoms with Crippen LogP contribution in [-0.4, -0.2) is 48.2 Å². The Bertz CT molecular complexity index is 922. The Morgan fingerprint density at radius 2 is 1.69 bits per heavy atom. The van der Waals surface area contributed by atoms with E-state index in [1.165, 1.54) is 6.92 Å². The third-order valence-corrected chi connectivity index (χ3v) is 4.31. The molecule has 2 N–H and O–H groups in total. The van der Waals surface area contributed by atoms with Gasteiger partial charge in [-0.15, -0.1) is 0 Å². The summed E-state index contributed by atoms with van der Waals surface area (Å²) >= 11 is 0. The van der Waals surface area contributed by atoms with Crippen LogP contribution in [0.5, 0.6) is 5.75 Å². The first-order valence-corrected chi connectivity index (χ1v) is 9.18. The lowest BCUT2D eigenvalue weighted by atomic mass is 10.1. The number of carbonyl (C=O) groups excluding carboxylic acids is 4. The second-order valence-electron chi connectivity index (χ2n) is 6.46. The van der Waals surface area contributed by atoms with E-state index in [4.69, 9.17) is 4.74 Å². The van der Waals surface area contributed by atoms with E-state index in [9.17, 15) is 19.2 Å². The molecule has 0 spiro atoms. The lowest BCUT2D eigenvalue weighted by Crippen LogP contribution is -2.33. The highest BCUT2D eigenvalue weighted by Gasteiger charge is 2.34. The van der Waals surface area contributed by atoms with Crippen LogP contribution in [0.2, 0.25) is 0 Å². The van der Waals surface area contributed by atoms with E-state index < -0.39 is 0 Å². The summed E-state index contributed by atoms with van der Waals surface area (Å²) in [6.45, 7) is 1.91. The quantitative estimate of drug-likeness (QED) is 0.664. The molecule has 8 heteroatoms. The van der Waals surface area contributed by atoms with Crippen molar-refractivity contribution in [2.24, 2.45) is 0 Å². The van der Waals surface area contributed by atoms with Crippen molar-refractivity contribution in [1.29, 1.82) is 0 Å². The number of amides is 4. The summed E-state index contributed by atoms with van der Waals surface area (Å²) in [6, 6.07) is 13.5. The van der Waals surface area contributed by atoms with Crippen molar-refractivity contribution in [3.05, 3.63) is 59.7 Å². The Morgan fingerprint density at radius 1 is 1.00 bits per heavy atom. The minimum atomic E-state index is -0.325. The van der Waals surface area contributed by atoms with Crippen LogP contribution >= 0.6 is 0 Å². The van der Waals surface area contributed by atoms with Gasteiger partial charge in [0.15, 0.2) is 0 Å². The molecule has 150 valence electrons. The topological polar surface area (TPSA) is 105 Å². The molecule has 29 heavy (non-hydrogen) atoms. The molecule has 2 aromatic carbocycles. The molecule has 4 amide bonds. The second kappa shape index (κ2) is 9.01. The number of nitrogens with zero attached hydrogens (tertiary/aromatic N) is 1. The summed E-state index contributed by atoms with van der Waals surface area (Å²) in [5.74, 6) is -0.571. The number of carbonyl (C=O) groups is 4. The highest BCUT2D eigenvalue weighted by Crippen LogP contribution is 2.22. The van der Waals surface area contributed by atoms with Crippen molar-refractivity contribution in [3.63, 3.8) is 0 Å². The molecule has 0 bridgehead atoms. The molecular weight excluding hydrogens is 374 g/mol. The van der Waals surface area contributed by atoms with Crippen molar-refractivity contribution >= 4 is 29.3 Å². The Labute approximate surface area is 167 Å². The number of nitrogens with one attached hydrogen (secondary N) is 2. The number of imide groups is 1. The van der Waals surface area contributed by atoms with Gasteiger partial charge >= 0.3 is 0 Å². The van der Waals surface area contributed by atoms with Crippen LogP contribution in [0.1, 0.15) is 34.1 Å². The van der Waals surface area contributed by atoms with Crippen molar-refractivity contribution in [2.45, 2.75) is 13.3 Å². The van der Waals surface area contributed by atoms with E-state index in [0.717, 1.165) is 4.90 Å². The lowest BCUT2D eigenvalue weighted by Gasteiger charge is -2.15. The largest absolute Gasteiger partial charge is 0.492 e. The van der Waals surface area contributed by atoms with Gasteiger partial charge in [0.05, 0.1) is 17.7 Å². The molecule has 0 saturated heterocycles. The van der Waals surface area contributed by atoms with Gasteiger partial charge in [-0.2, -0.15) is 0 Å². The van der Waals surface area contributed by atoms with Gasteiger partial charge in [0.1, 0.15) is 12.4 Å². The maximum absolute atomic E-state index is 12.3. The Hall–Kier alpha value is -3.68. The maximum Gasteiger partial charge on any atom is 0.261 e. The second-order valence-corrected chi connectivity index (χ2v) is 6.46. The zero-order chi connectivity index (χ0) is 20.8. The van der Waals surface area contributed by atoms with Crippen molar-refractivity contribution in [3.8, 4) is 5.75 Å². The fourth-order valence-electron chi connectivity index (χ4n) is 2.94. The summed E-state index contributed by atoms with van der Waals surface area (Å²) in [5.41, 5.74) is 1.36. The predicted molar refractivity (Wildman–Crippen MR) is 106 cm³/mol. The van der Waals surface area contributed by atoms with E-state index in [-0.39, 0.29) is 49.7 Å². The van der Waals surface area contributed by atoms with E-state index in [1.54, 1.807) is 48.5 Å². The normalized spacial score (nSPS) is 12.5. The van der Waals surface area contributed by atoms with Gasteiger partial charge in [-0.1, -0.05) is 18.2 Å². The molecule has 0 fully saturated rings. The van der Waals surface area contributed by atoms with Gasteiger partial charge in [-0.05, 0) is 24.3 Å². The Kier molecular flexibility index (Phi) is 6.23. The average molecular weight is 395 g/mol. The van der Waals surface area contributed by atoms with Crippen LogP contribution in [0.3, 0.4) is 0 Å². The maximum atomic E-state index is 12.3. The number of anilines is 1. The first kappa shape index (κ1) is 20.1. The molecule has 0 aromatic heterocycles. The predicted octanol–water partition coefficient (Wildman–Crippen LogP) is 1.83. The zero-order valence-corrected chi connectivity index (χ0v) is 15.9. The smallest absolute Gasteiger partial charge is 0.261 e. The van der Waals surface area contributed by atoms with E-state index in [0.29, 0.717) is 22.6 Å². The summed E-state index contributed by atoms with van der Waals surface area (Å²) in [4.78, 5) is 48.5. The van der Waals surface area contributed by atoms with Gasteiger partial charge in [0.2, 0.25) is 11.8 Å². The van der Waals surface area contributed by atoms with Gasteiger partial charge in [0.25, 0.3) is 11.8 Å². The Balaban J connectivity index is 1.50. The summed E-state index contributed by atoms with van der Waals surface area (Å²) in [5, 5.41) is 5.28. The SMILES string of the molecule is CC(=O)NCCC(=O)Nc1cccc(OCCN2C(=O)c3ccccc3C2=O)c1. The first-order chi connectivity index (χ1) is 14.0. The van der Waals surface area contributed by atoms with E-state index in [2.05, 4.69) is 10.6 Å². The van der Waals surface area contributed by atoms with Gasteiger partial charge in [-0.25, -0.2) is 0 Å². The van der Waals surface area contributed by atoms with Crippen molar-refractivity contribution in [2.75, 3.05) is 25.0 Å². The first-order valence-electron chi connectivity index (χ1n) is 9.18. The molecule has 0 unspecified atom stereocenters. The number of fused-ring (bicyclic) bond motifs is 1. The van der Waals surface area contributed by atoms with Crippen LogP contribution in [0.25, 0.3) is 0 Å². The highest BCUT2D eigenvalue weighted by molar-refractivity contribution is 6.21. The molecule has 3 rings (SSSR count). The van der Waals surface area contributed by atoms with Gasteiger partial charge < -0.3 is 15.4 Å². The van der Waals surface area contributed by atoms with E-state index >= 15 is 0 Å². The summed E-state index contributed by atoms with van der Waals surface area (Å²) in [7, 11) is 0. The molecular formula is C21H21N3O5. The zero-order valence-electron chi connectivity index (χ0n) is 15.9. The van der Waals surface area contributed by atoms with Crippen LogP contribution in [-0.2, 0) is 9.59 Å². The standard InChI is InChI=1S/C21H21N3O5/c1-14(25)22-10-9-19(26)23-15-5-4-6-16(13-15)29-12-11-24-20(27)17-7-2-3-8-18(17)21(24)28/h2-8,13H,9-12H2,1H3,(H,22,25)(H,23,26). The molecule has 1 aliphatic heterocycles. The minimum Gasteiger partial charge on any atom is -0.492 e. The molecule has 2 aromatic rings. The molecule has 0 aliphatic carbocycles. The monoisotopic (exact) mass is 395 g/mol. The number of rotatable bonds is 8. The minimum absolute atomic E-state index is 0.125. The molecule has 1 heterocycles. The van der Waals surface area contributed by atoms with Gasteiger partial charge in [0, 0.05) is 31.6 Å². The number of benzene rings is 2. The molecule has 0 saturated carbocycles. The average Bonchev–Trinajstić information content (AvgIpc) is 2.93. The molecule has 8 nitrogen and oxygen atoms in total. The third-order valence-electron chi connectivity index (χ3n) is 4.31. The van der Waals surface area contributed by atoms with Crippen LogP contribution < -0.4 is 15.4 Å². The van der Waals surface area contributed by atoms with Crippen LogP contribution in [0, 0.1) is 0 Å². The Morgan fingerprint density at radius 3 is 2.34 bits per heavy atom. The summed E-state index contributed by atoms with van der Waals surface area (Å²) in [6.07, 6.45) is 0.157. The number of hydrogen-bond acceptors (Lipinski definition) is 5. The molecule has 0 atom stereocenters. The van der Waals surface area contributed by atoms with Crippen molar-refractivity contribution in [1.82, 2.24) is 10.2 Å². The fourth-order valence-corrected chi connectivity index (χ4v) is 2.94. The van der Waals surface area contributed by atoms with Crippen LogP contribution in [0.15, 0.2) is 48.5 Å². The fraction of sp³-hybridized carbons (Fsp3) is 0.238. The molecule has 1 aliphatic rings.